The fraction of sp³-hybridized carbons (Fsp3) is 0.0400. The predicted molar refractivity (Wildman–Crippen MR) is 113 cm³/mol. The zero-order chi connectivity index (χ0) is 18.3. The fourth-order valence-electron chi connectivity index (χ4n) is 3.13. The number of hydrogen-bond donors (Lipinski definition) is 0. The zero-order valence-corrected chi connectivity index (χ0v) is 15.0. The van der Waals surface area contributed by atoms with E-state index in [9.17, 15) is 0 Å². The van der Waals surface area contributed by atoms with Gasteiger partial charge in [-0.2, -0.15) is 0 Å². The molecule has 4 rings (SSSR count). The number of para-hydroxylation sites is 1. The Bertz CT molecular complexity index is 966. The molecule has 0 atom stereocenters. The third-order valence-electron chi connectivity index (χ3n) is 4.45. The van der Waals surface area contributed by atoms with E-state index in [-0.39, 0.29) is 0 Å². The van der Waals surface area contributed by atoms with Gasteiger partial charge in [0.2, 0.25) is 0 Å². The van der Waals surface area contributed by atoms with Gasteiger partial charge >= 0.3 is 0 Å². The normalized spacial score (nSPS) is 11.0. The highest BCUT2D eigenvalue weighted by atomic mass is 14.7. The number of pyridine rings is 1. The van der Waals surface area contributed by atoms with Gasteiger partial charge in [-0.1, -0.05) is 84.9 Å². The summed E-state index contributed by atoms with van der Waals surface area (Å²) < 4.78 is 0. The van der Waals surface area contributed by atoms with Crippen molar-refractivity contribution in [1.82, 2.24) is 4.98 Å². The van der Waals surface area contributed by atoms with Crippen LogP contribution in [0.3, 0.4) is 0 Å². The van der Waals surface area contributed by atoms with Gasteiger partial charge in [-0.3, -0.25) is 9.98 Å². The molecule has 2 nitrogen and oxygen atoms in total. The fourth-order valence-corrected chi connectivity index (χ4v) is 3.13. The second-order valence-corrected chi connectivity index (χ2v) is 6.27. The van der Waals surface area contributed by atoms with Gasteiger partial charge in [0.15, 0.2) is 0 Å². The van der Waals surface area contributed by atoms with Crippen molar-refractivity contribution in [3.8, 4) is 22.3 Å². The lowest BCUT2D eigenvalue weighted by molar-refractivity contribution is 1.15. The van der Waals surface area contributed by atoms with E-state index in [0.29, 0.717) is 6.42 Å². The van der Waals surface area contributed by atoms with Crippen LogP contribution in [0, 0.1) is 0 Å². The molecular formula is C25H20N2. The van der Waals surface area contributed by atoms with Gasteiger partial charge in [0.25, 0.3) is 0 Å². The Balaban J connectivity index is 1.78. The molecule has 1 aromatic heterocycles. The maximum absolute atomic E-state index is 4.89. The third kappa shape index (κ3) is 4.01. The second kappa shape index (κ2) is 8.24. The van der Waals surface area contributed by atoms with Crippen molar-refractivity contribution in [2.45, 2.75) is 6.42 Å². The Morgan fingerprint density at radius 2 is 1.22 bits per heavy atom. The molecule has 0 aliphatic rings. The van der Waals surface area contributed by atoms with E-state index in [1.165, 1.54) is 11.1 Å². The predicted octanol–water partition coefficient (Wildman–Crippen LogP) is 6.36. The van der Waals surface area contributed by atoms with Crippen molar-refractivity contribution >= 4 is 11.9 Å². The Labute approximate surface area is 159 Å². The van der Waals surface area contributed by atoms with Crippen molar-refractivity contribution in [2.75, 3.05) is 0 Å². The molecule has 27 heavy (non-hydrogen) atoms. The van der Waals surface area contributed by atoms with Gasteiger partial charge in [-0.25, -0.2) is 0 Å². The molecule has 1 heterocycles. The molecule has 0 fully saturated rings. The first-order valence-electron chi connectivity index (χ1n) is 9.08. The van der Waals surface area contributed by atoms with Crippen LogP contribution in [-0.2, 0) is 6.42 Å². The van der Waals surface area contributed by atoms with E-state index in [4.69, 9.17) is 4.99 Å². The molecule has 4 aromatic rings. The largest absolute Gasteiger partial charge is 0.261 e. The number of benzene rings is 3. The van der Waals surface area contributed by atoms with Crippen LogP contribution in [0.25, 0.3) is 22.3 Å². The molecule has 0 bridgehead atoms. The average Bonchev–Trinajstić information content (AvgIpc) is 2.76. The van der Waals surface area contributed by atoms with Crippen LogP contribution in [0.5, 0.6) is 0 Å². The van der Waals surface area contributed by atoms with Crippen molar-refractivity contribution in [3.63, 3.8) is 0 Å². The topological polar surface area (TPSA) is 25.2 Å². The molecule has 0 saturated carbocycles. The molecule has 0 saturated heterocycles. The summed E-state index contributed by atoms with van der Waals surface area (Å²) in [6.45, 7) is 0. The Morgan fingerprint density at radius 3 is 1.78 bits per heavy atom. The van der Waals surface area contributed by atoms with Gasteiger partial charge in [0.05, 0.1) is 5.69 Å². The third-order valence-corrected chi connectivity index (χ3v) is 4.45. The lowest BCUT2D eigenvalue weighted by Gasteiger charge is -2.12. The molecule has 0 aliphatic heterocycles. The van der Waals surface area contributed by atoms with Gasteiger partial charge in [-0.05, 0) is 23.3 Å². The average molecular weight is 348 g/mol. The molecule has 0 unspecified atom stereocenters. The molecule has 130 valence electrons. The summed E-state index contributed by atoms with van der Waals surface area (Å²) in [7, 11) is 0. The van der Waals surface area contributed by atoms with Crippen molar-refractivity contribution in [1.29, 1.82) is 0 Å². The number of aliphatic imine (C=N–C) groups is 1. The van der Waals surface area contributed by atoms with Crippen LogP contribution in [0.15, 0.2) is 108 Å². The zero-order valence-electron chi connectivity index (χ0n) is 15.0. The summed E-state index contributed by atoms with van der Waals surface area (Å²) in [6.07, 6.45) is 4.48. The van der Waals surface area contributed by atoms with E-state index < -0.39 is 0 Å². The van der Waals surface area contributed by atoms with Gasteiger partial charge < -0.3 is 0 Å². The molecule has 0 aliphatic carbocycles. The van der Waals surface area contributed by atoms with Gasteiger partial charge in [0.1, 0.15) is 0 Å². The Hall–Kier alpha value is -3.52. The minimum absolute atomic E-state index is 0.707. The second-order valence-electron chi connectivity index (χ2n) is 6.27. The monoisotopic (exact) mass is 348 g/mol. The quantitative estimate of drug-likeness (QED) is 0.385. The van der Waals surface area contributed by atoms with Crippen molar-refractivity contribution < 1.29 is 0 Å². The van der Waals surface area contributed by atoms with E-state index in [1.807, 2.05) is 42.7 Å². The minimum atomic E-state index is 0.707. The van der Waals surface area contributed by atoms with Crippen LogP contribution >= 0.6 is 0 Å². The standard InChI is InChI=1S/C25H20N2/c1-3-10-20(11-4-1)23-15-9-16-24(21-12-5-2-6-13-21)25(23)27-19-17-22-14-7-8-18-26-22/h1-16,18-19H,17H2. The highest BCUT2D eigenvalue weighted by molar-refractivity contribution is 5.90. The molecule has 0 spiro atoms. The van der Waals surface area contributed by atoms with Crippen molar-refractivity contribution in [3.05, 3.63) is 109 Å². The van der Waals surface area contributed by atoms with E-state index in [2.05, 4.69) is 71.7 Å². The van der Waals surface area contributed by atoms with Crippen LogP contribution in [0.2, 0.25) is 0 Å². The summed E-state index contributed by atoms with van der Waals surface area (Å²) >= 11 is 0. The van der Waals surface area contributed by atoms with Crippen LogP contribution in [-0.4, -0.2) is 11.2 Å². The summed E-state index contributed by atoms with van der Waals surface area (Å²) in [5.41, 5.74) is 6.61. The number of nitrogens with zero attached hydrogens (tertiary/aromatic N) is 2. The SMILES string of the molecule is C(Cc1ccccn1)=Nc1c(-c2ccccc2)cccc1-c1ccccc1. The first-order valence-corrected chi connectivity index (χ1v) is 9.08. The lowest BCUT2D eigenvalue weighted by Crippen LogP contribution is -1.90. The van der Waals surface area contributed by atoms with Gasteiger partial charge in [-0.15, -0.1) is 0 Å². The highest BCUT2D eigenvalue weighted by Crippen LogP contribution is 2.38. The molecule has 3 aromatic carbocycles. The van der Waals surface area contributed by atoms with Crippen LogP contribution in [0.4, 0.5) is 5.69 Å². The maximum Gasteiger partial charge on any atom is 0.0782 e. The highest BCUT2D eigenvalue weighted by Gasteiger charge is 2.10. The first-order chi connectivity index (χ1) is 13.4. The Morgan fingerprint density at radius 1 is 0.630 bits per heavy atom. The molecular weight excluding hydrogens is 328 g/mol. The van der Waals surface area contributed by atoms with Crippen molar-refractivity contribution in [2.24, 2.45) is 4.99 Å². The maximum atomic E-state index is 4.89. The lowest BCUT2D eigenvalue weighted by atomic mass is 9.96. The summed E-state index contributed by atoms with van der Waals surface area (Å²) in [5, 5.41) is 0. The number of hydrogen-bond acceptors (Lipinski definition) is 2. The molecule has 0 N–H and O–H groups in total. The van der Waals surface area contributed by atoms with Crippen LogP contribution in [0.1, 0.15) is 5.69 Å². The summed E-state index contributed by atoms with van der Waals surface area (Å²) in [6, 6.07) is 33.1. The minimum Gasteiger partial charge on any atom is -0.261 e. The van der Waals surface area contributed by atoms with Crippen LogP contribution < -0.4 is 0 Å². The van der Waals surface area contributed by atoms with Gasteiger partial charge in [0, 0.05) is 35.7 Å². The summed E-state index contributed by atoms with van der Waals surface area (Å²) in [4.78, 5) is 9.27. The summed E-state index contributed by atoms with van der Waals surface area (Å²) in [5.74, 6) is 0. The molecule has 0 radical (unpaired) electrons. The first kappa shape index (κ1) is 16.9. The smallest absolute Gasteiger partial charge is 0.0782 e. The number of aromatic nitrogens is 1. The van der Waals surface area contributed by atoms with E-state index in [0.717, 1.165) is 22.5 Å². The van der Waals surface area contributed by atoms with E-state index >= 15 is 0 Å². The Kier molecular flexibility index (Phi) is 5.16. The van der Waals surface area contributed by atoms with E-state index in [1.54, 1.807) is 0 Å². The molecule has 0 amide bonds. The number of rotatable bonds is 5. The molecule has 2 heteroatoms.